The largest absolute Gasteiger partial charge is 0.481 e. The molecule has 1 aromatic rings. The fraction of sp³-hybridized carbons (Fsp3) is 0.467. The number of carbonyl (C=O) groups excluding carboxylic acids is 1. The van der Waals surface area contributed by atoms with E-state index in [1.54, 1.807) is 24.3 Å². The Balaban J connectivity index is 2.11. The molecule has 1 unspecified atom stereocenters. The molecule has 0 heterocycles. The van der Waals surface area contributed by atoms with Crippen molar-refractivity contribution in [2.75, 3.05) is 5.32 Å². The number of anilines is 1. The maximum atomic E-state index is 12.3. The monoisotopic (exact) mass is 295 g/mol. The Hall–Kier alpha value is -1.55. The maximum Gasteiger partial charge on any atom is 0.307 e. The molecule has 1 fully saturated rings. The van der Waals surface area contributed by atoms with Crippen LogP contribution in [-0.4, -0.2) is 17.0 Å². The number of amides is 1. The predicted octanol–water partition coefficient (Wildman–Crippen LogP) is 3.42. The summed E-state index contributed by atoms with van der Waals surface area (Å²) in [5.74, 6) is -1.91. The number of hydrogen-bond acceptors (Lipinski definition) is 2. The molecule has 0 saturated heterocycles. The lowest BCUT2D eigenvalue weighted by atomic mass is 9.95. The van der Waals surface area contributed by atoms with E-state index in [0.717, 1.165) is 6.42 Å². The Bertz CT molecular complexity index is 518. The van der Waals surface area contributed by atoms with Crippen molar-refractivity contribution in [3.05, 3.63) is 29.3 Å². The summed E-state index contributed by atoms with van der Waals surface area (Å²) in [7, 11) is 0. The van der Waals surface area contributed by atoms with Crippen LogP contribution in [-0.2, 0) is 9.59 Å². The summed E-state index contributed by atoms with van der Waals surface area (Å²) in [4.78, 5) is 23.6. The van der Waals surface area contributed by atoms with E-state index in [2.05, 4.69) is 5.32 Å². The van der Waals surface area contributed by atoms with E-state index in [9.17, 15) is 14.7 Å². The second-order valence-electron chi connectivity index (χ2n) is 5.27. The second-order valence-corrected chi connectivity index (χ2v) is 5.67. The lowest BCUT2D eigenvalue weighted by Crippen LogP contribution is -2.30. The van der Waals surface area contributed by atoms with Crippen LogP contribution >= 0.6 is 11.6 Å². The average Bonchev–Trinajstić information content (AvgIpc) is 2.86. The summed E-state index contributed by atoms with van der Waals surface area (Å²) in [6, 6.07) is 6.96. The highest BCUT2D eigenvalue weighted by molar-refractivity contribution is 6.33. The zero-order chi connectivity index (χ0) is 14.7. The third-order valence-electron chi connectivity index (χ3n) is 4.02. The van der Waals surface area contributed by atoms with Crippen molar-refractivity contribution in [3.63, 3.8) is 0 Å². The Kier molecular flexibility index (Phi) is 4.65. The molecule has 108 valence electrons. The molecule has 2 rings (SSSR count). The van der Waals surface area contributed by atoms with Gasteiger partial charge in [-0.25, -0.2) is 0 Å². The molecular formula is C15H18ClNO3. The van der Waals surface area contributed by atoms with Gasteiger partial charge in [0.25, 0.3) is 0 Å². The Morgan fingerprint density at radius 2 is 1.95 bits per heavy atom. The first-order valence-corrected chi connectivity index (χ1v) is 7.19. The lowest BCUT2D eigenvalue weighted by molar-refractivity contribution is -0.145. The molecule has 1 amide bonds. The molecule has 0 bridgehead atoms. The van der Waals surface area contributed by atoms with Crippen LogP contribution in [0.1, 0.15) is 26.2 Å². The van der Waals surface area contributed by atoms with Crippen LogP contribution in [0.5, 0.6) is 0 Å². The normalized spacial score (nSPS) is 25.4. The molecule has 0 aromatic heterocycles. The number of nitrogens with one attached hydrogen (secondary N) is 1. The van der Waals surface area contributed by atoms with Crippen LogP contribution in [0.25, 0.3) is 0 Å². The fourth-order valence-corrected chi connectivity index (χ4v) is 3.01. The van der Waals surface area contributed by atoms with Gasteiger partial charge >= 0.3 is 5.97 Å². The molecule has 5 heteroatoms. The number of carboxylic acid groups (broad SMARTS) is 1. The minimum atomic E-state index is -0.889. The van der Waals surface area contributed by atoms with Gasteiger partial charge in [0.2, 0.25) is 5.91 Å². The molecule has 1 saturated carbocycles. The van der Waals surface area contributed by atoms with Crippen LogP contribution in [0.2, 0.25) is 5.02 Å². The summed E-state index contributed by atoms with van der Waals surface area (Å²) in [6.45, 7) is 2.03. The van der Waals surface area contributed by atoms with Gasteiger partial charge < -0.3 is 10.4 Å². The molecule has 0 aliphatic heterocycles. The highest BCUT2D eigenvalue weighted by Gasteiger charge is 2.42. The Labute approximate surface area is 123 Å². The molecule has 0 radical (unpaired) electrons. The first kappa shape index (κ1) is 14.9. The summed E-state index contributed by atoms with van der Waals surface area (Å²) >= 11 is 6.00. The number of carbonyl (C=O) groups is 2. The fourth-order valence-electron chi connectivity index (χ4n) is 2.83. The molecule has 0 spiro atoms. The highest BCUT2D eigenvalue weighted by atomic mass is 35.5. The molecule has 4 nitrogen and oxygen atoms in total. The molecule has 1 aromatic carbocycles. The van der Waals surface area contributed by atoms with Crippen LogP contribution in [0, 0.1) is 17.8 Å². The van der Waals surface area contributed by atoms with Gasteiger partial charge in [0.1, 0.15) is 0 Å². The van der Waals surface area contributed by atoms with Gasteiger partial charge in [-0.2, -0.15) is 0 Å². The zero-order valence-corrected chi connectivity index (χ0v) is 12.1. The number of rotatable bonds is 4. The Morgan fingerprint density at radius 3 is 2.55 bits per heavy atom. The first-order chi connectivity index (χ1) is 9.52. The number of para-hydroxylation sites is 1. The van der Waals surface area contributed by atoms with Gasteiger partial charge in [-0.05, 0) is 30.9 Å². The van der Waals surface area contributed by atoms with Crippen molar-refractivity contribution in [3.8, 4) is 0 Å². The SMILES string of the molecule is CCC1C[C@H](C(=O)Nc2ccccc2Cl)[C@H](C(=O)O)C1. The van der Waals surface area contributed by atoms with E-state index in [4.69, 9.17) is 11.6 Å². The summed E-state index contributed by atoms with van der Waals surface area (Å²) in [5, 5.41) is 12.5. The van der Waals surface area contributed by atoms with E-state index in [-0.39, 0.29) is 5.91 Å². The highest BCUT2D eigenvalue weighted by Crippen LogP contribution is 2.39. The van der Waals surface area contributed by atoms with E-state index in [1.165, 1.54) is 0 Å². The lowest BCUT2D eigenvalue weighted by Gasteiger charge is -2.16. The molecule has 1 aliphatic rings. The van der Waals surface area contributed by atoms with Gasteiger partial charge in [-0.3, -0.25) is 9.59 Å². The van der Waals surface area contributed by atoms with E-state index in [0.29, 0.717) is 29.5 Å². The number of aliphatic carboxylic acids is 1. The second kappa shape index (κ2) is 6.27. The third-order valence-corrected chi connectivity index (χ3v) is 4.35. The minimum Gasteiger partial charge on any atom is -0.481 e. The number of halogens is 1. The van der Waals surface area contributed by atoms with E-state index >= 15 is 0 Å². The predicted molar refractivity (Wildman–Crippen MR) is 77.7 cm³/mol. The third kappa shape index (κ3) is 3.12. The summed E-state index contributed by atoms with van der Waals surface area (Å²) in [5.41, 5.74) is 0.531. The average molecular weight is 296 g/mol. The van der Waals surface area contributed by atoms with Crippen molar-refractivity contribution < 1.29 is 14.7 Å². The van der Waals surface area contributed by atoms with Gasteiger partial charge in [0.05, 0.1) is 22.5 Å². The first-order valence-electron chi connectivity index (χ1n) is 6.81. The van der Waals surface area contributed by atoms with Gasteiger partial charge in [-0.15, -0.1) is 0 Å². The maximum absolute atomic E-state index is 12.3. The minimum absolute atomic E-state index is 0.249. The van der Waals surface area contributed by atoms with Crippen LogP contribution in [0.4, 0.5) is 5.69 Å². The topological polar surface area (TPSA) is 66.4 Å². The number of hydrogen-bond donors (Lipinski definition) is 2. The number of benzene rings is 1. The Morgan fingerprint density at radius 1 is 1.30 bits per heavy atom. The molecule has 1 aliphatic carbocycles. The summed E-state index contributed by atoms with van der Waals surface area (Å²) < 4.78 is 0. The van der Waals surface area contributed by atoms with Crippen LogP contribution in [0.15, 0.2) is 24.3 Å². The van der Waals surface area contributed by atoms with Crippen molar-refractivity contribution >= 4 is 29.2 Å². The van der Waals surface area contributed by atoms with Gasteiger partial charge in [0, 0.05) is 0 Å². The smallest absolute Gasteiger partial charge is 0.307 e. The van der Waals surface area contributed by atoms with Crippen molar-refractivity contribution in [2.45, 2.75) is 26.2 Å². The van der Waals surface area contributed by atoms with Gasteiger partial charge in [0.15, 0.2) is 0 Å². The molecule has 2 N–H and O–H groups in total. The molecular weight excluding hydrogens is 278 g/mol. The molecule has 20 heavy (non-hydrogen) atoms. The number of carboxylic acids is 1. The standard InChI is InChI=1S/C15H18ClNO3/c1-2-9-7-10(11(8-9)15(19)20)14(18)17-13-6-4-3-5-12(13)16/h3-6,9-11H,2,7-8H2,1H3,(H,17,18)(H,19,20)/t9?,10-,11+/m0/s1. The quantitative estimate of drug-likeness (QED) is 0.894. The zero-order valence-electron chi connectivity index (χ0n) is 11.3. The van der Waals surface area contributed by atoms with Crippen molar-refractivity contribution in [1.82, 2.24) is 0 Å². The molecule has 3 atom stereocenters. The van der Waals surface area contributed by atoms with Gasteiger partial charge in [-0.1, -0.05) is 37.1 Å². The van der Waals surface area contributed by atoms with E-state index < -0.39 is 17.8 Å². The van der Waals surface area contributed by atoms with E-state index in [1.807, 2.05) is 6.92 Å². The summed E-state index contributed by atoms with van der Waals surface area (Å²) in [6.07, 6.45) is 2.11. The van der Waals surface area contributed by atoms with Crippen molar-refractivity contribution in [2.24, 2.45) is 17.8 Å². The van der Waals surface area contributed by atoms with Crippen molar-refractivity contribution in [1.29, 1.82) is 0 Å². The van der Waals surface area contributed by atoms with Crippen LogP contribution in [0.3, 0.4) is 0 Å². The van der Waals surface area contributed by atoms with Crippen LogP contribution < -0.4 is 5.32 Å².